The van der Waals surface area contributed by atoms with Gasteiger partial charge in [0, 0.05) is 18.7 Å². The number of nitrogens with zero attached hydrogens (tertiary/aromatic N) is 2. The van der Waals surface area contributed by atoms with Crippen LogP contribution >= 0.6 is 0 Å². The zero-order chi connectivity index (χ0) is 25.7. The van der Waals surface area contributed by atoms with Crippen LogP contribution in [0.1, 0.15) is 41.4 Å². The fourth-order valence-electron chi connectivity index (χ4n) is 4.64. The lowest BCUT2D eigenvalue weighted by Crippen LogP contribution is -2.38. The third-order valence-electron chi connectivity index (χ3n) is 6.67. The number of likely N-dealkylation sites (tertiary alicyclic amines) is 1. The highest BCUT2D eigenvalue weighted by Gasteiger charge is 2.51. The second kappa shape index (κ2) is 11.4. The molecule has 2 aromatic carbocycles. The van der Waals surface area contributed by atoms with Crippen LogP contribution in [0, 0.1) is 12.8 Å². The highest BCUT2D eigenvalue weighted by Crippen LogP contribution is 2.41. The fourth-order valence-corrected chi connectivity index (χ4v) is 4.64. The molecule has 8 heteroatoms. The van der Waals surface area contributed by atoms with E-state index in [1.807, 2.05) is 20.8 Å². The Morgan fingerprint density at radius 2 is 1.54 bits per heavy atom. The Morgan fingerprint density at radius 3 is 2.11 bits per heavy atom. The van der Waals surface area contributed by atoms with Gasteiger partial charge in [0.1, 0.15) is 11.7 Å². The molecule has 0 spiro atoms. The predicted octanol–water partition coefficient (Wildman–Crippen LogP) is 3.31. The Kier molecular flexibility index (Phi) is 8.51. The molecule has 0 N–H and O–H groups in total. The number of hydrogen-bond acceptors (Lipinski definition) is 7. The Labute approximate surface area is 206 Å². The molecule has 1 saturated heterocycles. The summed E-state index contributed by atoms with van der Waals surface area (Å²) in [7, 11) is 4.62. The molecule has 0 bridgehead atoms. The Bertz CT molecular complexity index is 1100. The van der Waals surface area contributed by atoms with E-state index in [1.165, 1.54) is 19.1 Å². The number of amides is 1. The Balaban J connectivity index is 2.08. The average molecular weight is 483 g/mol. The van der Waals surface area contributed by atoms with E-state index >= 15 is 0 Å². The molecule has 0 aliphatic carbocycles. The van der Waals surface area contributed by atoms with E-state index in [2.05, 4.69) is 4.90 Å². The van der Waals surface area contributed by atoms with Gasteiger partial charge < -0.3 is 24.0 Å². The lowest BCUT2D eigenvalue weighted by Gasteiger charge is -2.30. The van der Waals surface area contributed by atoms with Crippen molar-refractivity contribution in [3.05, 3.63) is 53.1 Å². The first-order chi connectivity index (χ1) is 16.8. The van der Waals surface area contributed by atoms with Gasteiger partial charge in [0.15, 0.2) is 17.3 Å². The second-order valence-electron chi connectivity index (χ2n) is 8.48. The Morgan fingerprint density at radius 1 is 0.914 bits per heavy atom. The van der Waals surface area contributed by atoms with E-state index in [9.17, 15) is 14.4 Å². The normalized spacial score (nSPS) is 17.7. The van der Waals surface area contributed by atoms with E-state index in [1.54, 1.807) is 43.5 Å². The summed E-state index contributed by atoms with van der Waals surface area (Å²) in [5.41, 5.74) is 1.78. The molecule has 1 aliphatic rings. The van der Waals surface area contributed by atoms with Crippen LogP contribution in [-0.2, 0) is 9.59 Å². The highest BCUT2D eigenvalue weighted by molar-refractivity contribution is 6.44. The van der Waals surface area contributed by atoms with Crippen molar-refractivity contribution in [1.82, 2.24) is 9.80 Å². The van der Waals surface area contributed by atoms with Gasteiger partial charge in [-0.2, -0.15) is 0 Å². The molecule has 0 saturated carbocycles. The smallest absolute Gasteiger partial charge is 0.291 e. The van der Waals surface area contributed by atoms with Crippen molar-refractivity contribution < 1.29 is 28.6 Å². The van der Waals surface area contributed by atoms with Gasteiger partial charge in [-0.3, -0.25) is 14.4 Å². The third-order valence-corrected chi connectivity index (χ3v) is 6.67. The van der Waals surface area contributed by atoms with E-state index < -0.39 is 23.7 Å². The maximum Gasteiger partial charge on any atom is 0.291 e. The molecule has 1 amide bonds. The average Bonchev–Trinajstić information content (AvgIpc) is 3.13. The van der Waals surface area contributed by atoms with Crippen molar-refractivity contribution in [3.8, 4) is 17.2 Å². The minimum Gasteiger partial charge on any atom is -0.496 e. The van der Waals surface area contributed by atoms with Crippen LogP contribution in [0.15, 0.2) is 36.4 Å². The lowest BCUT2D eigenvalue weighted by atomic mass is 9.85. The number of ether oxygens (including phenoxy) is 3. The van der Waals surface area contributed by atoms with Gasteiger partial charge in [-0.15, -0.1) is 0 Å². The molecule has 0 aromatic heterocycles. The lowest BCUT2D eigenvalue weighted by molar-refractivity contribution is -0.140. The number of likely N-dealkylation sites (N-methyl/N-ethyl adjacent to an activating group) is 1. The first-order valence-electron chi connectivity index (χ1n) is 11.8. The fraction of sp³-hybridized carbons (Fsp3) is 0.444. The number of methoxy groups -OCH3 is 3. The summed E-state index contributed by atoms with van der Waals surface area (Å²) in [6.07, 6.45) is 0. The highest BCUT2D eigenvalue weighted by atomic mass is 16.5. The van der Waals surface area contributed by atoms with E-state index in [0.29, 0.717) is 41.5 Å². The molecule has 0 radical (unpaired) electrons. The molecule has 2 aromatic rings. The van der Waals surface area contributed by atoms with E-state index in [0.717, 1.165) is 18.7 Å². The maximum atomic E-state index is 13.7. The van der Waals surface area contributed by atoms with Crippen molar-refractivity contribution in [2.45, 2.75) is 26.8 Å². The molecule has 2 atom stereocenters. The minimum atomic E-state index is -1.16. The van der Waals surface area contributed by atoms with Gasteiger partial charge in [0.05, 0.1) is 27.4 Å². The predicted molar refractivity (Wildman–Crippen MR) is 132 cm³/mol. The molecule has 35 heavy (non-hydrogen) atoms. The van der Waals surface area contributed by atoms with E-state index in [-0.39, 0.29) is 5.78 Å². The maximum absolute atomic E-state index is 13.7. The van der Waals surface area contributed by atoms with Crippen molar-refractivity contribution in [3.63, 3.8) is 0 Å². The molecule has 8 nitrogen and oxygen atoms in total. The van der Waals surface area contributed by atoms with Gasteiger partial charge in [-0.1, -0.05) is 19.9 Å². The van der Waals surface area contributed by atoms with Crippen molar-refractivity contribution >= 4 is 17.5 Å². The molecule has 3 rings (SSSR count). The van der Waals surface area contributed by atoms with Crippen LogP contribution in [0.4, 0.5) is 0 Å². The molecule has 1 fully saturated rings. The number of benzene rings is 2. The summed E-state index contributed by atoms with van der Waals surface area (Å²) in [6, 6.07) is 9.53. The van der Waals surface area contributed by atoms with Crippen LogP contribution < -0.4 is 14.2 Å². The van der Waals surface area contributed by atoms with Crippen LogP contribution in [0.5, 0.6) is 17.2 Å². The van der Waals surface area contributed by atoms with Crippen molar-refractivity contribution in [2.24, 2.45) is 5.92 Å². The minimum absolute atomic E-state index is 0.330. The standard InChI is InChI=1S/C27H34N2O6/c1-7-28(8-2)13-14-29-24(18-9-12-21(34-5)22(16-18)35-6)23(26(31)27(29)32)25(30)19-10-11-20(33-4)17(3)15-19/h9-12,15-16,23-24H,7-8,13-14H2,1-6H3. The monoisotopic (exact) mass is 482 g/mol. The summed E-state index contributed by atoms with van der Waals surface area (Å²) in [4.78, 5) is 43.9. The van der Waals surface area contributed by atoms with Crippen LogP contribution in [0.3, 0.4) is 0 Å². The number of carbonyl (C=O) groups is 3. The van der Waals surface area contributed by atoms with Gasteiger partial charge in [-0.25, -0.2) is 0 Å². The van der Waals surface area contributed by atoms with Gasteiger partial charge in [0.25, 0.3) is 5.91 Å². The zero-order valence-electron chi connectivity index (χ0n) is 21.3. The first-order valence-corrected chi connectivity index (χ1v) is 11.8. The second-order valence-corrected chi connectivity index (χ2v) is 8.48. The van der Waals surface area contributed by atoms with E-state index in [4.69, 9.17) is 14.2 Å². The topological polar surface area (TPSA) is 85.4 Å². The largest absolute Gasteiger partial charge is 0.496 e. The summed E-state index contributed by atoms with van der Waals surface area (Å²) in [5.74, 6) is -1.25. The number of rotatable bonds is 11. The zero-order valence-corrected chi connectivity index (χ0v) is 21.3. The van der Waals surface area contributed by atoms with Gasteiger partial charge in [0.2, 0.25) is 5.78 Å². The van der Waals surface area contributed by atoms with Crippen molar-refractivity contribution in [1.29, 1.82) is 0 Å². The number of carbonyl (C=O) groups excluding carboxylic acids is 3. The summed E-state index contributed by atoms with van der Waals surface area (Å²) >= 11 is 0. The molecular weight excluding hydrogens is 448 g/mol. The van der Waals surface area contributed by atoms with Crippen molar-refractivity contribution in [2.75, 3.05) is 47.5 Å². The number of hydrogen-bond donors (Lipinski definition) is 0. The van der Waals surface area contributed by atoms with Gasteiger partial charge >= 0.3 is 0 Å². The molecule has 1 aliphatic heterocycles. The summed E-state index contributed by atoms with van der Waals surface area (Å²) in [6.45, 7) is 8.49. The van der Waals surface area contributed by atoms with Crippen LogP contribution in [-0.4, -0.2) is 74.8 Å². The Hall–Kier alpha value is -3.39. The number of aryl methyl sites for hydroxylation is 1. The molecular formula is C27H34N2O6. The SMILES string of the molecule is CCN(CC)CCN1C(=O)C(=O)C(C(=O)c2ccc(OC)c(C)c2)C1c1ccc(OC)c(OC)c1. The number of ketones is 2. The number of Topliss-reactive ketones (excluding diaryl/α,β-unsaturated/α-hetero) is 2. The summed E-state index contributed by atoms with van der Waals surface area (Å²) in [5, 5.41) is 0. The van der Waals surface area contributed by atoms with Crippen LogP contribution in [0.25, 0.3) is 0 Å². The first kappa shape index (κ1) is 26.2. The molecule has 2 unspecified atom stereocenters. The quantitative estimate of drug-likeness (QED) is 0.276. The summed E-state index contributed by atoms with van der Waals surface area (Å²) < 4.78 is 16.1. The third kappa shape index (κ3) is 5.17. The van der Waals surface area contributed by atoms with Crippen LogP contribution in [0.2, 0.25) is 0 Å². The molecule has 1 heterocycles. The van der Waals surface area contributed by atoms with Gasteiger partial charge in [-0.05, 0) is 61.5 Å². The molecule has 188 valence electrons.